The molecule has 1 amide bonds. The molecule has 0 atom stereocenters. The van der Waals surface area contributed by atoms with Gasteiger partial charge in [0.05, 0.1) is 0 Å². The van der Waals surface area contributed by atoms with Crippen molar-refractivity contribution in [3.63, 3.8) is 0 Å². The molecule has 0 radical (unpaired) electrons. The maximum Gasteiger partial charge on any atom is 0.270 e. The quantitative estimate of drug-likeness (QED) is 0.707. The van der Waals surface area contributed by atoms with Gasteiger partial charge in [-0.05, 0) is 18.1 Å². The number of carbonyl (C=O) groups excluding carboxylic acids is 1. The number of aromatic nitrogens is 2. The molecular weight excluding hydrogens is 336 g/mol. The van der Waals surface area contributed by atoms with Crippen LogP contribution in [-0.2, 0) is 6.42 Å². The lowest BCUT2D eigenvalue weighted by Gasteiger charge is -2.19. The van der Waals surface area contributed by atoms with Crippen LogP contribution >= 0.6 is 0 Å². The number of hydrogen-bond acceptors (Lipinski definition) is 4. The first kappa shape index (κ1) is 17.0. The van der Waals surface area contributed by atoms with Crippen molar-refractivity contribution in [1.82, 2.24) is 15.3 Å². The first-order chi connectivity index (χ1) is 13.3. The number of fused-ring (bicyclic) bond motifs is 1. The average molecular weight is 356 g/mol. The topological polar surface area (TPSA) is 58.1 Å². The van der Waals surface area contributed by atoms with Gasteiger partial charge in [0.1, 0.15) is 11.5 Å². The summed E-state index contributed by atoms with van der Waals surface area (Å²) in [6.07, 6.45) is 2.60. The fourth-order valence-electron chi connectivity index (χ4n) is 3.24. The molecule has 3 aromatic rings. The minimum atomic E-state index is -0.233. The summed E-state index contributed by atoms with van der Waals surface area (Å²) in [5.41, 5.74) is 3.65. The van der Waals surface area contributed by atoms with Crippen LogP contribution in [0.3, 0.4) is 0 Å². The van der Waals surface area contributed by atoms with Gasteiger partial charge in [-0.2, -0.15) is 0 Å². The minimum Gasteiger partial charge on any atom is -0.347 e. The Labute approximate surface area is 158 Å². The minimum absolute atomic E-state index is 0.233. The molecule has 0 saturated carbocycles. The van der Waals surface area contributed by atoms with Crippen molar-refractivity contribution in [2.45, 2.75) is 6.42 Å². The van der Waals surface area contributed by atoms with E-state index >= 15 is 0 Å². The van der Waals surface area contributed by atoms with Gasteiger partial charge in [0, 0.05) is 30.4 Å². The summed E-state index contributed by atoms with van der Waals surface area (Å²) in [4.78, 5) is 23.9. The van der Waals surface area contributed by atoms with Crippen molar-refractivity contribution in [2.24, 2.45) is 0 Å². The molecule has 0 aliphatic carbocycles. The fraction of sp³-hybridized carbons (Fsp3) is 0.136. The summed E-state index contributed by atoms with van der Waals surface area (Å²) in [5.74, 6) is 1.04. The van der Waals surface area contributed by atoms with Crippen LogP contribution in [-0.4, -0.2) is 29.0 Å². The highest BCUT2D eigenvalue weighted by molar-refractivity contribution is 5.94. The highest BCUT2D eigenvalue weighted by Crippen LogP contribution is 2.34. The number of carbonyl (C=O) groups is 1. The summed E-state index contributed by atoms with van der Waals surface area (Å²) in [6, 6.07) is 19.8. The van der Waals surface area contributed by atoms with E-state index in [1.54, 1.807) is 12.1 Å². The van der Waals surface area contributed by atoms with Crippen LogP contribution in [0.2, 0.25) is 0 Å². The number of amides is 1. The molecule has 1 aliphatic rings. The van der Waals surface area contributed by atoms with Gasteiger partial charge in [0.2, 0.25) is 0 Å². The Morgan fingerprint density at radius 1 is 1.11 bits per heavy atom. The van der Waals surface area contributed by atoms with Crippen LogP contribution in [0, 0.1) is 0 Å². The number of nitrogens with one attached hydrogen (secondary N) is 1. The average Bonchev–Trinajstić information content (AvgIpc) is 3.16. The Morgan fingerprint density at radius 3 is 2.70 bits per heavy atom. The summed E-state index contributed by atoms with van der Waals surface area (Å²) >= 11 is 0. The Kier molecular flexibility index (Phi) is 4.66. The zero-order valence-electron chi connectivity index (χ0n) is 14.9. The number of para-hydroxylation sites is 1. The molecular formula is C22H20N4O. The highest BCUT2D eigenvalue weighted by atomic mass is 16.1. The number of hydrogen-bond donors (Lipinski definition) is 1. The summed E-state index contributed by atoms with van der Waals surface area (Å²) in [6.45, 7) is 4.87. The molecule has 5 nitrogen and oxygen atoms in total. The van der Waals surface area contributed by atoms with E-state index < -0.39 is 0 Å². The predicted molar refractivity (Wildman–Crippen MR) is 107 cm³/mol. The van der Waals surface area contributed by atoms with E-state index in [9.17, 15) is 4.79 Å². The number of benzene rings is 2. The molecule has 4 rings (SSSR count). The van der Waals surface area contributed by atoms with E-state index in [1.807, 2.05) is 42.5 Å². The second-order valence-corrected chi connectivity index (χ2v) is 6.33. The SMILES string of the molecule is C=CCNC(=O)c1cc(N2CCc3ccccc32)nc(-c2ccccc2)n1. The molecule has 27 heavy (non-hydrogen) atoms. The maximum atomic E-state index is 12.5. The first-order valence-electron chi connectivity index (χ1n) is 8.95. The van der Waals surface area contributed by atoms with Crippen molar-refractivity contribution < 1.29 is 4.79 Å². The molecule has 0 fully saturated rings. The van der Waals surface area contributed by atoms with Gasteiger partial charge < -0.3 is 10.2 Å². The van der Waals surface area contributed by atoms with Gasteiger partial charge in [0.25, 0.3) is 5.91 Å². The molecule has 134 valence electrons. The Balaban J connectivity index is 1.79. The normalized spacial score (nSPS) is 12.5. The first-order valence-corrected chi connectivity index (χ1v) is 8.95. The van der Waals surface area contributed by atoms with Crippen molar-refractivity contribution in [2.75, 3.05) is 18.0 Å². The van der Waals surface area contributed by atoms with Gasteiger partial charge in [0.15, 0.2) is 5.82 Å². The van der Waals surface area contributed by atoms with Gasteiger partial charge in [-0.25, -0.2) is 9.97 Å². The molecule has 5 heteroatoms. The third kappa shape index (κ3) is 3.44. The van der Waals surface area contributed by atoms with Crippen LogP contribution in [0.25, 0.3) is 11.4 Å². The van der Waals surface area contributed by atoms with Gasteiger partial charge in [-0.1, -0.05) is 54.6 Å². The zero-order chi connectivity index (χ0) is 18.6. The third-order valence-electron chi connectivity index (χ3n) is 4.55. The Hall–Kier alpha value is -3.47. The Bertz CT molecular complexity index is 985. The second kappa shape index (κ2) is 7.41. The van der Waals surface area contributed by atoms with Crippen molar-refractivity contribution in [3.05, 3.63) is 84.6 Å². The largest absolute Gasteiger partial charge is 0.347 e. The van der Waals surface area contributed by atoms with Crippen LogP contribution in [0.1, 0.15) is 16.1 Å². The molecule has 2 heterocycles. The van der Waals surface area contributed by atoms with E-state index in [0.717, 1.165) is 30.0 Å². The summed E-state index contributed by atoms with van der Waals surface area (Å²) < 4.78 is 0. The smallest absolute Gasteiger partial charge is 0.270 e. The van der Waals surface area contributed by atoms with E-state index in [0.29, 0.717) is 18.1 Å². The lowest BCUT2D eigenvalue weighted by molar-refractivity contribution is 0.0953. The van der Waals surface area contributed by atoms with Crippen molar-refractivity contribution >= 4 is 17.4 Å². The third-order valence-corrected chi connectivity index (χ3v) is 4.55. The van der Waals surface area contributed by atoms with Gasteiger partial charge in [-0.15, -0.1) is 6.58 Å². The zero-order valence-corrected chi connectivity index (χ0v) is 14.9. The molecule has 0 saturated heterocycles. The molecule has 1 N–H and O–H groups in total. The van der Waals surface area contributed by atoms with Crippen LogP contribution in [0.4, 0.5) is 11.5 Å². The summed E-state index contributed by atoms with van der Waals surface area (Å²) in [7, 11) is 0. The standard InChI is InChI=1S/C22H20N4O/c1-2-13-23-22(27)18-15-20(25-21(24-18)17-9-4-3-5-10-17)26-14-12-16-8-6-7-11-19(16)26/h2-11,15H,1,12-14H2,(H,23,27). The predicted octanol–water partition coefficient (Wildman–Crippen LogP) is 3.75. The van der Waals surface area contributed by atoms with Crippen LogP contribution in [0.15, 0.2) is 73.3 Å². The molecule has 0 unspecified atom stereocenters. The number of nitrogens with zero attached hydrogens (tertiary/aromatic N) is 3. The highest BCUT2D eigenvalue weighted by Gasteiger charge is 2.23. The molecule has 2 aromatic carbocycles. The van der Waals surface area contributed by atoms with Crippen LogP contribution in [0.5, 0.6) is 0 Å². The monoisotopic (exact) mass is 356 g/mol. The molecule has 0 spiro atoms. The molecule has 0 bridgehead atoms. The number of rotatable bonds is 5. The molecule has 1 aromatic heterocycles. The van der Waals surface area contributed by atoms with E-state index in [4.69, 9.17) is 4.98 Å². The van der Waals surface area contributed by atoms with Crippen LogP contribution < -0.4 is 10.2 Å². The van der Waals surface area contributed by atoms with E-state index in [1.165, 1.54) is 5.56 Å². The van der Waals surface area contributed by atoms with Gasteiger partial charge in [-0.3, -0.25) is 4.79 Å². The molecule has 1 aliphatic heterocycles. The number of anilines is 2. The van der Waals surface area contributed by atoms with E-state index in [2.05, 4.69) is 33.9 Å². The van der Waals surface area contributed by atoms with Crippen molar-refractivity contribution in [1.29, 1.82) is 0 Å². The lowest BCUT2D eigenvalue weighted by atomic mass is 10.2. The maximum absolute atomic E-state index is 12.5. The second-order valence-electron chi connectivity index (χ2n) is 6.33. The van der Waals surface area contributed by atoms with Gasteiger partial charge >= 0.3 is 0 Å². The van der Waals surface area contributed by atoms with E-state index in [-0.39, 0.29) is 5.91 Å². The Morgan fingerprint density at radius 2 is 1.89 bits per heavy atom. The lowest BCUT2D eigenvalue weighted by Crippen LogP contribution is -2.25. The summed E-state index contributed by atoms with van der Waals surface area (Å²) in [5, 5.41) is 2.80. The van der Waals surface area contributed by atoms with Crippen molar-refractivity contribution in [3.8, 4) is 11.4 Å². The fourth-order valence-corrected chi connectivity index (χ4v) is 3.24.